The van der Waals surface area contributed by atoms with Crippen LogP contribution in [0.5, 0.6) is 0 Å². The second-order valence-corrected chi connectivity index (χ2v) is 22.7. The van der Waals surface area contributed by atoms with E-state index in [1.807, 2.05) is 6.08 Å². The molecule has 0 saturated heterocycles. The smallest absolute Gasteiger partial charge is 0.306 e. The summed E-state index contributed by atoms with van der Waals surface area (Å²) in [5.41, 5.74) is 0. The van der Waals surface area contributed by atoms with Crippen molar-refractivity contribution in [2.75, 3.05) is 13.2 Å². The molecule has 0 aliphatic rings. The van der Waals surface area contributed by atoms with E-state index >= 15 is 0 Å². The Kier molecular flexibility index (Phi) is 66.3. The standard InChI is InChI=1S/C77H128O6/c1-4-7-10-13-16-19-22-25-28-30-32-33-34-35-36-37-38-39-40-41-42-43-45-46-49-52-55-58-61-64-67-70-76(79)82-73-74(72-81-75(78)69-66-63-60-57-54-51-48-27-24-21-18-15-12-9-6-3)83-77(80)71-68-65-62-59-56-53-50-47-44-31-29-26-23-20-17-14-11-8-5-2/h8-9,11-12,17-18,20-22,25-27,29-30,32,44,47-48,53,56,62,65,74H,4-7,10,13-16,19,23-24,28,31,33-43,45-46,49-52,54-55,57-61,63-64,66-73H2,1-3H3/b11-8-,12-9-,20-17-,21-18-,25-22-,29-26-,32-30-,47-44-,48-27-,56-53-,65-62-. The predicted octanol–water partition coefficient (Wildman–Crippen LogP) is 24.1. The largest absolute Gasteiger partial charge is 0.462 e. The van der Waals surface area contributed by atoms with Gasteiger partial charge in [-0.05, 0) is 122 Å². The lowest BCUT2D eigenvalue weighted by molar-refractivity contribution is -0.166. The van der Waals surface area contributed by atoms with Crippen LogP contribution in [0.2, 0.25) is 0 Å². The van der Waals surface area contributed by atoms with E-state index in [1.165, 1.54) is 148 Å². The normalized spacial score (nSPS) is 13.0. The molecule has 0 N–H and O–H groups in total. The van der Waals surface area contributed by atoms with Crippen LogP contribution < -0.4 is 0 Å². The lowest BCUT2D eigenvalue weighted by Crippen LogP contribution is -2.30. The van der Waals surface area contributed by atoms with Gasteiger partial charge >= 0.3 is 17.9 Å². The molecule has 83 heavy (non-hydrogen) atoms. The molecule has 0 bridgehead atoms. The third-order valence-corrected chi connectivity index (χ3v) is 14.6. The monoisotopic (exact) mass is 1150 g/mol. The molecule has 0 saturated carbocycles. The summed E-state index contributed by atoms with van der Waals surface area (Å²) >= 11 is 0. The molecule has 0 heterocycles. The number of hydrogen-bond donors (Lipinski definition) is 0. The summed E-state index contributed by atoms with van der Waals surface area (Å²) < 4.78 is 16.9. The maximum Gasteiger partial charge on any atom is 0.306 e. The lowest BCUT2D eigenvalue weighted by Gasteiger charge is -2.18. The van der Waals surface area contributed by atoms with Gasteiger partial charge in [0.25, 0.3) is 0 Å². The van der Waals surface area contributed by atoms with Crippen molar-refractivity contribution in [3.05, 3.63) is 134 Å². The maximum absolute atomic E-state index is 12.9. The summed E-state index contributed by atoms with van der Waals surface area (Å²) in [6.45, 7) is 6.35. The highest BCUT2D eigenvalue weighted by Crippen LogP contribution is 2.17. The van der Waals surface area contributed by atoms with E-state index in [9.17, 15) is 14.4 Å². The average Bonchev–Trinajstić information content (AvgIpc) is 3.49. The summed E-state index contributed by atoms with van der Waals surface area (Å²) in [6.07, 6.45) is 99.3. The van der Waals surface area contributed by atoms with Gasteiger partial charge in [0.05, 0.1) is 0 Å². The van der Waals surface area contributed by atoms with Gasteiger partial charge in [-0.15, -0.1) is 0 Å². The molecule has 0 radical (unpaired) electrons. The fourth-order valence-electron chi connectivity index (χ4n) is 9.52. The SMILES string of the molecule is CC/C=C\C/C=C\C/C=C\C/C=C\C/C=C\C/C=C\CCC(=O)OC(COC(=O)CCCCCCC/C=C\C/C=C\C/C=C\CC)COC(=O)CCCCCCCCCCCCCCCCCCCCC/C=C\C/C=C\CCCCCCC. The minimum absolute atomic E-state index is 0.115. The Morgan fingerprint density at radius 1 is 0.253 bits per heavy atom. The second kappa shape index (κ2) is 70.0. The quantitative estimate of drug-likeness (QED) is 0.0261. The number of esters is 3. The highest BCUT2D eigenvalue weighted by Gasteiger charge is 2.19. The van der Waals surface area contributed by atoms with E-state index < -0.39 is 12.1 Å². The Hall–Kier alpha value is -4.45. The molecule has 472 valence electrons. The Bertz CT molecular complexity index is 1750. The van der Waals surface area contributed by atoms with E-state index in [2.05, 4.69) is 148 Å². The summed E-state index contributed by atoms with van der Waals surface area (Å²) in [4.78, 5) is 38.3. The Morgan fingerprint density at radius 2 is 0.494 bits per heavy atom. The van der Waals surface area contributed by atoms with Crippen molar-refractivity contribution >= 4 is 17.9 Å². The van der Waals surface area contributed by atoms with Crippen LogP contribution in [0.3, 0.4) is 0 Å². The van der Waals surface area contributed by atoms with Crippen LogP contribution in [0.15, 0.2) is 134 Å². The minimum atomic E-state index is -0.831. The number of rotatable bonds is 62. The number of hydrogen-bond acceptors (Lipinski definition) is 6. The third kappa shape index (κ3) is 68.2. The molecule has 0 fully saturated rings. The van der Waals surface area contributed by atoms with Crippen molar-refractivity contribution in [3.8, 4) is 0 Å². The molecular formula is C77H128O6. The number of unbranched alkanes of at least 4 members (excludes halogenated alkanes) is 29. The number of allylic oxidation sites excluding steroid dienone is 22. The summed E-state index contributed by atoms with van der Waals surface area (Å²) in [5, 5.41) is 0. The van der Waals surface area contributed by atoms with Crippen molar-refractivity contribution in [1.82, 2.24) is 0 Å². The summed E-state index contributed by atoms with van der Waals surface area (Å²) in [6, 6.07) is 0. The van der Waals surface area contributed by atoms with Crippen molar-refractivity contribution in [1.29, 1.82) is 0 Å². The number of ether oxygens (including phenoxy) is 3. The van der Waals surface area contributed by atoms with Crippen LogP contribution in [0, 0.1) is 0 Å². The average molecular weight is 1150 g/mol. The first-order valence-electron chi connectivity index (χ1n) is 34.7. The molecule has 1 unspecified atom stereocenters. The van der Waals surface area contributed by atoms with E-state index in [4.69, 9.17) is 14.2 Å². The van der Waals surface area contributed by atoms with E-state index in [0.717, 1.165) is 122 Å². The van der Waals surface area contributed by atoms with Gasteiger partial charge in [-0.2, -0.15) is 0 Å². The molecule has 1 atom stereocenters. The first kappa shape index (κ1) is 78.5. The van der Waals surface area contributed by atoms with Crippen LogP contribution in [0.1, 0.15) is 316 Å². The van der Waals surface area contributed by atoms with E-state index in [1.54, 1.807) is 0 Å². The Labute approximate surface area is 513 Å². The topological polar surface area (TPSA) is 78.9 Å². The van der Waals surface area contributed by atoms with Gasteiger partial charge in [0, 0.05) is 19.3 Å². The second-order valence-electron chi connectivity index (χ2n) is 22.7. The van der Waals surface area contributed by atoms with Gasteiger partial charge in [-0.25, -0.2) is 0 Å². The van der Waals surface area contributed by atoms with Crippen LogP contribution in [-0.4, -0.2) is 37.2 Å². The van der Waals surface area contributed by atoms with Crippen molar-refractivity contribution < 1.29 is 28.6 Å². The number of carbonyl (C=O) groups excluding carboxylic acids is 3. The molecule has 0 aromatic carbocycles. The molecular weight excluding hydrogens is 1020 g/mol. The first-order valence-corrected chi connectivity index (χ1v) is 34.7. The lowest BCUT2D eigenvalue weighted by atomic mass is 10.0. The van der Waals surface area contributed by atoms with Crippen molar-refractivity contribution in [3.63, 3.8) is 0 Å². The molecule has 0 aromatic heterocycles. The van der Waals surface area contributed by atoms with Gasteiger partial charge in [0.1, 0.15) is 13.2 Å². The van der Waals surface area contributed by atoms with Gasteiger partial charge < -0.3 is 14.2 Å². The Morgan fingerprint density at radius 3 is 0.783 bits per heavy atom. The van der Waals surface area contributed by atoms with E-state index in [-0.39, 0.29) is 31.6 Å². The zero-order chi connectivity index (χ0) is 59.9. The summed E-state index contributed by atoms with van der Waals surface area (Å²) in [7, 11) is 0. The highest BCUT2D eigenvalue weighted by molar-refractivity contribution is 5.71. The van der Waals surface area contributed by atoms with E-state index in [0.29, 0.717) is 19.3 Å². The predicted molar refractivity (Wildman–Crippen MR) is 362 cm³/mol. The Balaban J connectivity index is 4.33. The zero-order valence-corrected chi connectivity index (χ0v) is 54.2. The fraction of sp³-hybridized carbons (Fsp3) is 0.675. The molecule has 6 nitrogen and oxygen atoms in total. The zero-order valence-electron chi connectivity index (χ0n) is 54.2. The molecule has 0 amide bonds. The van der Waals surface area contributed by atoms with Crippen molar-refractivity contribution in [2.45, 2.75) is 322 Å². The summed E-state index contributed by atoms with van der Waals surface area (Å²) in [5.74, 6) is -1.01. The van der Waals surface area contributed by atoms with Crippen LogP contribution in [0.4, 0.5) is 0 Å². The van der Waals surface area contributed by atoms with Crippen LogP contribution in [0.25, 0.3) is 0 Å². The highest BCUT2D eigenvalue weighted by atomic mass is 16.6. The molecule has 0 aromatic rings. The van der Waals surface area contributed by atoms with Gasteiger partial charge in [-0.1, -0.05) is 309 Å². The molecule has 0 rings (SSSR count). The molecule has 0 spiro atoms. The first-order chi connectivity index (χ1) is 41.0. The third-order valence-electron chi connectivity index (χ3n) is 14.6. The van der Waals surface area contributed by atoms with Crippen LogP contribution >= 0.6 is 0 Å². The van der Waals surface area contributed by atoms with Gasteiger partial charge in [0.15, 0.2) is 6.10 Å². The molecule has 0 aliphatic heterocycles. The maximum atomic E-state index is 12.9. The van der Waals surface area contributed by atoms with Crippen LogP contribution in [-0.2, 0) is 28.6 Å². The number of carbonyl (C=O) groups is 3. The van der Waals surface area contributed by atoms with Crippen molar-refractivity contribution in [2.24, 2.45) is 0 Å². The fourth-order valence-corrected chi connectivity index (χ4v) is 9.52. The molecule has 0 aliphatic carbocycles. The molecule has 6 heteroatoms. The minimum Gasteiger partial charge on any atom is -0.462 e. The van der Waals surface area contributed by atoms with Gasteiger partial charge in [0.2, 0.25) is 0 Å². The van der Waals surface area contributed by atoms with Gasteiger partial charge in [-0.3, -0.25) is 14.4 Å².